The number of benzene rings is 3. The highest BCUT2D eigenvalue weighted by Crippen LogP contribution is 2.27. The van der Waals surface area contributed by atoms with Crippen LogP contribution in [0.1, 0.15) is 11.1 Å². The Morgan fingerprint density at radius 2 is 1.72 bits per heavy atom. The van der Waals surface area contributed by atoms with E-state index in [0.29, 0.717) is 32.8 Å². The summed E-state index contributed by atoms with van der Waals surface area (Å²) in [5.41, 5.74) is 1.84. The van der Waals surface area contributed by atoms with E-state index in [1.165, 1.54) is 13.2 Å². The fraction of sp³-hybridized carbons (Fsp3) is 0.115. The number of ether oxygens (including phenoxy) is 2. The molecule has 0 radical (unpaired) electrons. The minimum Gasteiger partial charge on any atom is -0.495 e. The molecule has 1 aliphatic heterocycles. The molecule has 0 aliphatic carbocycles. The molecule has 0 aromatic heterocycles. The first-order chi connectivity index (χ1) is 17.4. The first-order valence-electron chi connectivity index (χ1n) is 10.8. The van der Waals surface area contributed by atoms with Crippen molar-refractivity contribution >= 4 is 52.8 Å². The lowest BCUT2D eigenvalue weighted by Crippen LogP contribution is -2.38. The Kier molecular flexibility index (Phi) is 7.77. The monoisotopic (exact) mass is 525 g/mol. The third-order valence-corrected chi connectivity index (χ3v) is 5.98. The molecule has 8 nitrogen and oxygen atoms in total. The lowest BCUT2D eigenvalue weighted by Gasteiger charge is -2.13. The van der Waals surface area contributed by atoms with E-state index in [4.69, 9.17) is 32.7 Å². The standard InChI is InChI=1S/C26H21Cl2N3O5/c1-35-23-9-5-3-7-20(23)29-24(32)14-31-25(33)21(30-26(31)34)13-17-6-2-4-8-22(17)36-15-16-10-11-18(27)19(28)12-16/h2-13H,14-15H2,1H3,(H,29,32)(H,30,34)/b21-13+. The molecule has 1 heterocycles. The molecule has 2 N–H and O–H groups in total. The lowest BCUT2D eigenvalue weighted by atomic mass is 10.1. The number of nitrogens with one attached hydrogen (secondary N) is 2. The van der Waals surface area contributed by atoms with Crippen LogP contribution in [0.3, 0.4) is 0 Å². The fourth-order valence-electron chi connectivity index (χ4n) is 3.47. The third-order valence-electron chi connectivity index (χ3n) is 5.24. The van der Waals surface area contributed by atoms with Crippen LogP contribution in [0, 0.1) is 0 Å². The van der Waals surface area contributed by atoms with Crippen molar-refractivity contribution in [1.29, 1.82) is 0 Å². The maximum atomic E-state index is 12.9. The highest BCUT2D eigenvalue weighted by Gasteiger charge is 2.35. The van der Waals surface area contributed by atoms with E-state index in [1.807, 2.05) is 0 Å². The number of imide groups is 1. The van der Waals surface area contributed by atoms with Gasteiger partial charge in [-0.25, -0.2) is 9.69 Å². The van der Waals surface area contributed by atoms with Gasteiger partial charge in [0.25, 0.3) is 5.91 Å². The van der Waals surface area contributed by atoms with Crippen LogP contribution in [0.2, 0.25) is 10.0 Å². The number of halogens is 2. The molecule has 0 saturated carbocycles. The average molecular weight is 526 g/mol. The summed E-state index contributed by atoms with van der Waals surface area (Å²) in [5, 5.41) is 6.03. The number of para-hydroxylation sites is 3. The molecule has 0 spiro atoms. The SMILES string of the molecule is COc1ccccc1NC(=O)CN1C(=O)N/C(=C/c2ccccc2OCc2ccc(Cl)c(Cl)c2)C1=O. The minimum atomic E-state index is -0.698. The number of amides is 4. The zero-order valence-electron chi connectivity index (χ0n) is 19.1. The summed E-state index contributed by atoms with van der Waals surface area (Å²) in [6, 6.07) is 18.4. The van der Waals surface area contributed by atoms with E-state index in [9.17, 15) is 14.4 Å². The van der Waals surface area contributed by atoms with Gasteiger partial charge in [-0.05, 0) is 42.0 Å². The minimum absolute atomic E-state index is 0.0238. The molecule has 4 amide bonds. The Labute approximate surface area is 217 Å². The maximum absolute atomic E-state index is 12.9. The van der Waals surface area contributed by atoms with Crippen molar-refractivity contribution in [2.24, 2.45) is 0 Å². The van der Waals surface area contributed by atoms with Crippen molar-refractivity contribution in [3.63, 3.8) is 0 Å². The van der Waals surface area contributed by atoms with Gasteiger partial charge in [0, 0.05) is 5.56 Å². The molecular weight excluding hydrogens is 505 g/mol. The number of urea groups is 1. The van der Waals surface area contributed by atoms with Gasteiger partial charge in [-0.2, -0.15) is 0 Å². The second kappa shape index (κ2) is 11.2. The van der Waals surface area contributed by atoms with Gasteiger partial charge in [-0.15, -0.1) is 0 Å². The topological polar surface area (TPSA) is 97.0 Å². The summed E-state index contributed by atoms with van der Waals surface area (Å²) in [7, 11) is 1.48. The summed E-state index contributed by atoms with van der Waals surface area (Å²) in [6.07, 6.45) is 1.50. The summed E-state index contributed by atoms with van der Waals surface area (Å²) in [5.74, 6) is -0.226. The molecule has 0 atom stereocenters. The van der Waals surface area contributed by atoms with Crippen LogP contribution in [0.15, 0.2) is 72.4 Å². The van der Waals surface area contributed by atoms with Crippen molar-refractivity contribution in [3.8, 4) is 11.5 Å². The van der Waals surface area contributed by atoms with Gasteiger partial charge in [-0.1, -0.05) is 59.6 Å². The van der Waals surface area contributed by atoms with Crippen molar-refractivity contribution in [2.75, 3.05) is 19.0 Å². The first-order valence-corrected chi connectivity index (χ1v) is 11.5. The van der Waals surface area contributed by atoms with E-state index < -0.39 is 24.4 Å². The van der Waals surface area contributed by atoms with Crippen LogP contribution in [0.5, 0.6) is 11.5 Å². The van der Waals surface area contributed by atoms with Gasteiger partial charge in [0.15, 0.2) is 0 Å². The number of rotatable bonds is 8. The Morgan fingerprint density at radius 1 is 1.00 bits per heavy atom. The summed E-state index contributed by atoms with van der Waals surface area (Å²) in [4.78, 5) is 38.7. The van der Waals surface area contributed by atoms with Crippen molar-refractivity contribution in [3.05, 3.63) is 93.6 Å². The van der Waals surface area contributed by atoms with Crippen LogP contribution < -0.4 is 20.1 Å². The zero-order chi connectivity index (χ0) is 25.7. The highest BCUT2D eigenvalue weighted by molar-refractivity contribution is 6.42. The highest BCUT2D eigenvalue weighted by atomic mass is 35.5. The largest absolute Gasteiger partial charge is 0.495 e. The number of carbonyl (C=O) groups is 3. The maximum Gasteiger partial charge on any atom is 0.329 e. The summed E-state index contributed by atoms with van der Waals surface area (Å²) in [6.45, 7) is -0.248. The van der Waals surface area contributed by atoms with Gasteiger partial charge in [-0.3, -0.25) is 9.59 Å². The summed E-state index contributed by atoms with van der Waals surface area (Å²) >= 11 is 12.0. The molecule has 36 heavy (non-hydrogen) atoms. The van der Waals surface area contributed by atoms with E-state index in [0.717, 1.165) is 10.5 Å². The number of methoxy groups -OCH3 is 1. The Hall–Kier alpha value is -4.01. The number of hydrogen-bond donors (Lipinski definition) is 2. The van der Waals surface area contributed by atoms with Crippen LogP contribution in [0.25, 0.3) is 6.08 Å². The van der Waals surface area contributed by atoms with E-state index in [1.54, 1.807) is 66.7 Å². The predicted molar refractivity (Wildman–Crippen MR) is 137 cm³/mol. The average Bonchev–Trinajstić information content (AvgIpc) is 3.13. The smallest absolute Gasteiger partial charge is 0.329 e. The molecule has 10 heteroatoms. The summed E-state index contributed by atoms with van der Waals surface area (Å²) < 4.78 is 11.1. The molecule has 4 rings (SSSR count). The molecule has 0 unspecified atom stereocenters. The van der Waals surface area contributed by atoms with Crippen molar-refractivity contribution in [1.82, 2.24) is 10.2 Å². The van der Waals surface area contributed by atoms with Gasteiger partial charge in [0.2, 0.25) is 5.91 Å². The Balaban J connectivity index is 1.45. The molecule has 1 aliphatic rings. The van der Waals surface area contributed by atoms with E-state index >= 15 is 0 Å². The van der Waals surface area contributed by atoms with Crippen molar-refractivity contribution < 1.29 is 23.9 Å². The van der Waals surface area contributed by atoms with Gasteiger partial charge in [0.05, 0.1) is 22.8 Å². The molecule has 3 aromatic rings. The number of anilines is 1. The van der Waals surface area contributed by atoms with E-state index in [-0.39, 0.29) is 12.3 Å². The second-order valence-corrected chi connectivity index (χ2v) is 8.52. The fourth-order valence-corrected chi connectivity index (χ4v) is 3.79. The van der Waals surface area contributed by atoms with Crippen LogP contribution >= 0.6 is 23.2 Å². The molecule has 1 saturated heterocycles. The van der Waals surface area contributed by atoms with Gasteiger partial charge < -0.3 is 20.1 Å². The predicted octanol–water partition coefficient (Wildman–Crippen LogP) is 5.11. The number of hydrogen-bond acceptors (Lipinski definition) is 5. The molecule has 3 aromatic carbocycles. The second-order valence-electron chi connectivity index (χ2n) is 7.70. The molecular formula is C26H21Cl2N3O5. The molecule has 0 bridgehead atoms. The quantitative estimate of drug-likeness (QED) is 0.314. The molecule has 184 valence electrons. The van der Waals surface area contributed by atoms with Crippen LogP contribution in [0.4, 0.5) is 10.5 Å². The lowest BCUT2D eigenvalue weighted by molar-refractivity contribution is -0.127. The first kappa shape index (κ1) is 25.1. The van der Waals surface area contributed by atoms with Crippen molar-refractivity contribution in [2.45, 2.75) is 6.61 Å². The zero-order valence-corrected chi connectivity index (χ0v) is 20.6. The van der Waals surface area contributed by atoms with Gasteiger partial charge >= 0.3 is 6.03 Å². The third kappa shape index (κ3) is 5.79. The Morgan fingerprint density at radius 3 is 2.47 bits per heavy atom. The van der Waals surface area contributed by atoms with E-state index in [2.05, 4.69) is 10.6 Å². The van der Waals surface area contributed by atoms with Crippen LogP contribution in [-0.2, 0) is 16.2 Å². The number of nitrogens with zero attached hydrogens (tertiary/aromatic N) is 1. The van der Waals surface area contributed by atoms with Gasteiger partial charge in [0.1, 0.15) is 30.3 Å². The normalized spacial score (nSPS) is 14.1. The molecule has 1 fully saturated rings. The number of carbonyl (C=O) groups excluding carboxylic acids is 3. The van der Waals surface area contributed by atoms with Crippen LogP contribution in [-0.4, -0.2) is 36.4 Å². The Bertz CT molecular complexity index is 1360.